The first-order valence-corrected chi connectivity index (χ1v) is 14.5. The number of rotatable bonds is 6. The Balaban J connectivity index is 1.66. The third-order valence-electron chi connectivity index (χ3n) is 7.55. The summed E-state index contributed by atoms with van der Waals surface area (Å²) in [7, 11) is -4.34. The van der Waals surface area contributed by atoms with E-state index < -0.39 is 60.7 Å². The molecule has 4 aliphatic rings. The highest BCUT2D eigenvalue weighted by molar-refractivity contribution is 7.97. The second-order valence-electron chi connectivity index (χ2n) is 10.1. The maximum Gasteiger partial charge on any atom is 0.343 e. The van der Waals surface area contributed by atoms with E-state index in [1.807, 2.05) is 0 Å². The van der Waals surface area contributed by atoms with Gasteiger partial charge in [0, 0.05) is 6.08 Å². The summed E-state index contributed by atoms with van der Waals surface area (Å²) in [6.07, 6.45) is 11.0. The first-order valence-electron chi connectivity index (χ1n) is 13.0. The van der Waals surface area contributed by atoms with Crippen molar-refractivity contribution in [3.8, 4) is 0 Å². The number of esters is 2. The number of carbonyl (C=O) groups is 4. The summed E-state index contributed by atoms with van der Waals surface area (Å²) < 4.78 is 38.2. The number of Topliss-reactive ketones (excluding diaryl/α,β-unsaturated/α-hetero) is 1. The van der Waals surface area contributed by atoms with Gasteiger partial charge in [-0.25, -0.2) is 18.0 Å². The molecule has 3 saturated carbocycles. The van der Waals surface area contributed by atoms with E-state index in [1.54, 1.807) is 0 Å². The smallest absolute Gasteiger partial charge is 0.343 e. The van der Waals surface area contributed by atoms with E-state index in [-0.39, 0.29) is 6.10 Å². The van der Waals surface area contributed by atoms with Crippen molar-refractivity contribution in [2.75, 3.05) is 0 Å². The minimum atomic E-state index is -4.34. The zero-order chi connectivity index (χ0) is 25.0. The average Bonchev–Trinajstić information content (AvgIpc) is 2.86. The molecule has 0 bridgehead atoms. The molecule has 0 aromatic carbocycles. The highest BCUT2D eigenvalue weighted by atomic mass is 32.2. The van der Waals surface area contributed by atoms with Crippen molar-refractivity contribution in [3.63, 3.8) is 0 Å². The molecule has 3 fully saturated rings. The minimum Gasteiger partial charge on any atom is -0.459 e. The maximum absolute atomic E-state index is 13.6. The molecule has 0 amide bonds. The quantitative estimate of drug-likeness (QED) is 0.303. The van der Waals surface area contributed by atoms with Crippen LogP contribution >= 0.6 is 0 Å². The van der Waals surface area contributed by atoms with Crippen molar-refractivity contribution in [2.24, 2.45) is 0 Å². The largest absolute Gasteiger partial charge is 0.459 e. The van der Waals surface area contributed by atoms with E-state index in [0.717, 1.165) is 51.0 Å². The van der Waals surface area contributed by atoms with Crippen LogP contribution < -0.4 is 0 Å². The van der Waals surface area contributed by atoms with E-state index in [0.29, 0.717) is 51.4 Å². The Morgan fingerprint density at radius 1 is 0.686 bits per heavy atom. The number of allylic oxidation sites excluding steroid dienone is 2. The SMILES string of the molecule is O=C1C=C(C(=O)OC2CCCCC2)C(=O)C(S(=O)(=O)C2CCCCC2)=C1C(=O)OC1CCCCC1. The lowest BCUT2D eigenvalue weighted by Gasteiger charge is -2.27. The zero-order valence-corrected chi connectivity index (χ0v) is 20.9. The van der Waals surface area contributed by atoms with E-state index in [4.69, 9.17) is 9.47 Å². The molecule has 0 aromatic rings. The Morgan fingerprint density at radius 2 is 1.14 bits per heavy atom. The van der Waals surface area contributed by atoms with Crippen LogP contribution in [-0.2, 0) is 38.5 Å². The van der Waals surface area contributed by atoms with Crippen LogP contribution in [0.5, 0.6) is 0 Å². The lowest BCUT2D eigenvalue weighted by atomic mass is 9.95. The molecular formula is C26H34O8S. The van der Waals surface area contributed by atoms with Crippen molar-refractivity contribution in [1.82, 2.24) is 0 Å². The highest BCUT2D eigenvalue weighted by Gasteiger charge is 2.46. The first kappa shape index (κ1) is 25.8. The van der Waals surface area contributed by atoms with Gasteiger partial charge in [0.15, 0.2) is 15.6 Å². The molecule has 0 unspecified atom stereocenters. The number of sulfone groups is 1. The minimum absolute atomic E-state index is 0.337. The molecule has 35 heavy (non-hydrogen) atoms. The summed E-state index contributed by atoms with van der Waals surface area (Å²) in [5, 5.41) is -0.880. The molecule has 4 aliphatic carbocycles. The predicted molar refractivity (Wildman–Crippen MR) is 127 cm³/mol. The zero-order valence-electron chi connectivity index (χ0n) is 20.1. The van der Waals surface area contributed by atoms with Gasteiger partial charge in [0.05, 0.1) is 5.25 Å². The van der Waals surface area contributed by atoms with E-state index in [1.165, 1.54) is 0 Å². The lowest BCUT2D eigenvalue weighted by Crippen LogP contribution is -2.38. The van der Waals surface area contributed by atoms with Gasteiger partial charge in [0.1, 0.15) is 28.3 Å². The van der Waals surface area contributed by atoms with Crippen LogP contribution in [0.25, 0.3) is 0 Å². The fourth-order valence-corrected chi connectivity index (χ4v) is 7.69. The third kappa shape index (κ3) is 5.76. The topological polar surface area (TPSA) is 121 Å². The number of hydrogen-bond acceptors (Lipinski definition) is 8. The molecule has 0 spiro atoms. The van der Waals surface area contributed by atoms with Gasteiger partial charge >= 0.3 is 11.9 Å². The van der Waals surface area contributed by atoms with E-state index in [2.05, 4.69) is 0 Å². The van der Waals surface area contributed by atoms with E-state index in [9.17, 15) is 27.6 Å². The Labute approximate surface area is 206 Å². The summed E-state index contributed by atoms with van der Waals surface area (Å²) >= 11 is 0. The van der Waals surface area contributed by atoms with Crippen molar-refractivity contribution in [3.05, 3.63) is 22.1 Å². The standard InChI is InChI=1S/C26H34O8S/c27-21-16-20(25(29)33-17-10-4-1-5-11-17)23(28)24(35(31,32)19-14-8-3-9-15-19)22(21)26(30)34-18-12-6-2-7-13-18/h16-19H,1-15H2. The number of ketones is 2. The van der Waals surface area contributed by atoms with Gasteiger partial charge in [-0.05, 0) is 64.2 Å². The molecule has 0 aromatic heterocycles. The predicted octanol–water partition coefficient (Wildman–Crippen LogP) is 3.82. The first-order chi connectivity index (χ1) is 16.8. The fraction of sp³-hybridized carbons (Fsp3) is 0.692. The molecule has 4 rings (SSSR count). The van der Waals surface area contributed by atoms with Gasteiger partial charge in [-0.15, -0.1) is 0 Å². The van der Waals surface area contributed by atoms with Crippen molar-refractivity contribution in [1.29, 1.82) is 0 Å². The second-order valence-corrected chi connectivity index (χ2v) is 12.3. The second kappa shape index (κ2) is 11.2. The fourth-order valence-electron chi connectivity index (χ4n) is 5.57. The molecule has 0 N–H and O–H groups in total. The normalized spacial score (nSPS) is 23.7. The summed E-state index contributed by atoms with van der Waals surface area (Å²) in [5.41, 5.74) is -1.38. The van der Waals surface area contributed by atoms with Gasteiger partial charge < -0.3 is 9.47 Å². The number of hydrogen-bond donors (Lipinski definition) is 0. The lowest BCUT2D eigenvalue weighted by molar-refractivity contribution is -0.149. The number of ether oxygens (including phenoxy) is 2. The average molecular weight is 507 g/mol. The summed E-state index contributed by atoms with van der Waals surface area (Å²) in [5.74, 6) is -4.23. The summed E-state index contributed by atoms with van der Waals surface area (Å²) in [4.78, 5) is 51.7. The van der Waals surface area contributed by atoms with Gasteiger partial charge in [-0.3, -0.25) is 9.59 Å². The molecular weight excluding hydrogens is 472 g/mol. The van der Waals surface area contributed by atoms with Crippen LogP contribution in [-0.4, -0.2) is 49.4 Å². The Morgan fingerprint density at radius 3 is 1.66 bits per heavy atom. The molecule has 0 saturated heterocycles. The molecule has 192 valence electrons. The Hall–Kier alpha value is -2.29. The van der Waals surface area contributed by atoms with Crippen LogP contribution in [0, 0.1) is 0 Å². The van der Waals surface area contributed by atoms with Crippen LogP contribution in [0.4, 0.5) is 0 Å². The molecule has 0 radical (unpaired) electrons. The van der Waals surface area contributed by atoms with Crippen molar-refractivity contribution in [2.45, 2.75) is 114 Å². The highest BCUT2D eigenvalue weighted by Crippen LogP contribution is 2.35. The van der Waals surface area contributed by atoms with Gasteiger partial charge in [0.25, 0.3) is 0 Å². The van der Waals surface area contributed by atoms with Crippen LogP contribution in [0.3, 0.4) is 0 Å². The van der Waals surface area contributed by atoms with Crippen LogP contribution in [0.1, 0.15) is 96.3 Å². The van der Waals surface area contributed by atoms with Crippen molar-refractivity contribution < 1.29 is 37.1 Å². The van der Waals surface area contributed by atoms with Crippen LogP contribution in [0.2, 0.25) is 0 Å². The van der Waals surface area contributed by atoms with Gasteiger partial charge in [-0.1, -0.05) is 32.1 Å². The third-order valence-corrected chi connectivity index (χ3v) is 9.86. The van der Waals surface area contributed by atoms with Crippen LogP contribution in [0.15, 0.2) is 22.1 Å². The molecule has 0 aliphatic heterocycles. The van der Waals surface area contributed by atoms with Gasteiger partial charge in [0.2, 0.25) is 5.78 Å². The molecule has 8 nitrogen and oxygen atoms in total. The monoisotopic (exact) mass is 506 g/mol. The number of carbonyl (C=O) groups excluding carboxylic acids is 4. The Kier molecular flexibility index (Phi) is 8.24. The molecule has 9 heteroatoms. The van der Waals surface area contributed by atoms with Crippen molar-refractivity contribution >= 4 is 33.3 Å². The molecule has 0 heterocycles. The molecule has 0 atom stereocenters. The summed E-state index contributed by atoms with van der Waals surface area (Å²) in [6, 6.07) is 0. The Bertz CT molecular complexity index is 1030. The maximum atomic E-state index is 13.6. The van der Waals surface area contributed by atoms with E-state index >= 15 is 0 Å². The summed E-state index contributed by atoms with van der Waals surface area (Å²) in [6.45, 7) is 0. The van der Waals surface area contributed by atoms with Gasteiger partial charge in [-0.2, -0.15) is 0 Å².